The van der Waals surface area contributed by atoms with Gasteiger partial charge in [-0.1, -0.05) is 13.8 Å². The van der Waals surface area contributed by atoms with Crippen LogP contribution in [0.3, 0.4) is 0 Å². The fourth-order valence-corrected chi connectivity index (χ4v) is 2.71. The van der Waals surface area contributed by atoms with Crippen LogP contribution >= 0.6 is 15.9 Å². The summed E-state index contributed by atoms with van der Waals surface area (Å²) in [6, 6.07) is 0.359. The first-order valence-corrected chi connectivity index (χ1v) is 7.34. The van der Waals surface area contributed by atoms with Crippen LogP contribution in [0.25, 0.3) is 0 Å². The fraction of sp³-hybridized carbons (Fsp3) is 0.692. The third kappa shape index (κ3) is 2.84. The quantitative estimate of drug-likeness (QED) is 0.870. The highest BCUT2D eigenvalue weighted by Crippen LogP contribution is 2.44. The molecule has 0 spiro atoms. The molecule has 0 aromatic carbocycles. The van der Waals surface area contributed by atoms with E-state index < -0.39 is 0 Å². The highest BCUT2D eigenvalue weighted by atomic mass is 79.9. The number of anilines is 2. The second-order valence-corrected chi connectivity index (χ2v) is 6.25. The predicted molar refractivity (Wildman–Crippen MR) is 80.5 cm³/mol. The van der Waals surface area contributed by atoms with E-state index in [4.69, 9.17) is 4.74 Å². The number of nitrogens with one attached hydrogen (secondary N) is 2. The van der Waals surface area contributed by atoms with Gasteiger partial charge in [0, 0.05) is 31.3 Å². The number of ether oxygens (including phenoxy) is 1. The van der Waals surface area contributed by atoms with Gasteiger partial charge in [0.05, 0.1) is 10.6 Å². The van der Waals surface area contributed by atoms with E-state index in [1.807, 2.05) is 6.92 Å². The highest BCUT2D eigenvalue weighted by molar-refractivity contribution is 9.10. The van der Waals surface area contributed by atoms with Crippen molar-refractivity contribution < 1.29 is 4.74 Å². The van der Waals surface area contributed by atoms with Gasteiger partial charge in [-0.05, 0) is 29.3 Å². The number of methoxy groups -OCH3 is 1. The second-order valence-electron chi connectivity index (χ2n) is 5.40. The Morgan fingerprint density at radius 2 is 2.26 bits per heavy atom. The number of hydrogen-bond acceptors (Lipinski definition) is 5. The van der Waals surface area contributed by atoms with Gasteiger partial charge in [0.15, 0.2) is 0 Å². The van der Waals surface area contributed by atoms with Gasteiger partial charge in [-0.15, -0.1) is 0 Å². The Labute approximate surface area is 122 Å². The van der Waals surface area contributed by atoms with Crippen LogP contribution in [0.15, 0.2) is 10.7 Å². The Morgan fingerprint density at radius 3 is 2.84 bits per heavy atom. The minimum atomic E-state index is 0.109. The van der Waals surface area contributed by atoms with E-state index in [1.54, 1.807) is 13.3 Å². The van der Waals surface area contributed by atoms with Gasteiger partial charge in [-0.25, -0.2) is 4.98 Å². The van der Waals surface area contributed by atoms with Crippen LogP contribution in [0.5, 0.6) is 0 Å². The lowest BCUT2D eigenvalue weighted by Gasteiger charge is -2.51. The summed E-state index contributed by atoms with van der Waals surface area (Å²) in [5, 5.41) is 6.60. The van der Waals surface area contributed by atoms with Crippen molar-refractivity contribution in [2.75, 3.05) is 24.3 Å². The van der Waals surface area contributed by atoms with E-state index in [9.17, 15) is 0 Å². The third-order valence-electron chi connectivity index (χ3n) is 3.85. The molecule has 2 unspecified atom stereocenters. The Bertz CT molecular complexity index is 452. The number of halogens is 1. The lowest BCUT2D eigenvalue weighted by atomic mass is 9.64. The van der Waals surface area contributed by atoms with Gasteiger partial charge in [-0.3, -0.25) is 0 Å². The predicted octanol–water partition coefficient (Wildman–Crippen LogP) is 2.90. The molecule has 1 aliphatic rings. The molecule has 2 atom stereocenters. The van der Waals surface area contributed by atoms with Crippen LogP contribution in [-0.4, -0.2) is 35.8 Å². The molecule has 0 bridgehead atoms. The third-order valence-corrected chi connectivity index (χ3v) is 4.43. The van der Waals surface area contributed by atoms with Gasteiger partial charge >= 0.3 is 0 Å². The van der Waals surface area contributed by atoms with Gasteiger partial charge < -0.3 is 15.4 Å². The van der Waals surface area contributed by atoms with E-state index in [0.717, 1.165) is 23.3 Å². The van der Waals surface area contributed by atoms with E-state index >= 15 is 0 Å². The van der Waals surface area contributed by atoms with Crippen molar-refractivity contribution >= 4 is 27.7 Å². The summed E-state index contributed by atoms with van der Waals surface area (Å²) in [5.74, 6) is 1.48. The lowest BCUT2D eigenvalue weighted by Crippen LogP contribution is -2.57. The Balaban J connectivity index is 2.09. The van der Waals surface area contributed by atoms with Gasteiger partial charge in [0.25, 0.3) is 0 Å². The van der Waals surface area contributed by atoms with Gasteiger partial charge in [0.2, 0.25) is 5.95 Å². The molecular weight excluding hydrogens is 308 g/mol. The van der Waals surface area contributed by atoms with Crippen molar-refractivity contribution in [2.24, 2.45) is 5.41 Å². The first-order chi connectivity index (χ1) is 8.98. The average Bonchev–Trinajstić information content (AvgIpc) is 2.37. The van der Waals surface area contributed by atoms with Crippen LogP contribution in [0.1, 0.15) is 27.2 Å². The standard InChI is InChI=1S/C13H21BrN4O/c1-5-15-12-16-7-8(14)11(18-12)17-9-6-10(19-4)13(9,2)3/h7,9-10H,5-6H2,1-4H3,(H2,15,16,17,18). The van der Waals surface area contributed by atoms with Crippen molar-refractivity contribution in [1.82, 2.24) is 9.97 Å². The molecule has 19 heavy (non-hydrogen) atoms. The number of aromatic nitrogens is 2. The van der Waals surface area contributed by atoms with E-state index in [2.05, 4.69) is 50.4 Å². The van der Waals surface area contributed by atoms with Crippen LogP contribution in [0.2, 0.25) is 0 Å². The van der Waals surface area contributed by atoms with E-state index in [-0.39, 0.29) is 5.41 Å². The molecular formula is C13H21BrN4O. The molecule has 0 saturated heterocycles. The minimum absolute atomic E-state index is 0.109. The maximum atomic E-state index is 5.47. The lowest BCUT2D eigenvalue weighted by molar-refractivity contribution is -0.0795. The number of rotatable bonds is 5. The first-order valence-electron chi connectivity index (χ1n) is 6.54. The molecule has 0 radical (unpaired) electrons. The van der Waals surface area contributed by atoms with Crippen molar-refractivity contribution in [1.29, 1.82) is 0 Å². The van der Waals surface area contributed by atoms with Crippen molar-refractivity contribution in [2.45, 2.75) is 39.3 Å². The molecule has 1 saturated carbocycles. The Kier molecular flexibility index (Phi) is 4.30. The summed E-state index contributed by atoms with van der Waals surface area (Å²) in [6.07, 6.45) is 3.07. The Hall–Kier alpha value is -0.880. The molecule has 0 amide bonds. The molecule has 5 nitrogen and oxygen atoms in total. The van der Waals surface area contributed by atoms with Crippen LogP contribution in [0.4, 0.5) is 11.8 Å². The van der Waals surface area contributed by atoms with Crippen LogP contribution in [-0.2, 0) is 4.74 Å². The van der Waals surface area contributed by atoms with Crippen molar-refractivity contribution in [3.8, 4) is 0 Å². The summed E-state index contributed by atoms with van der Waals surface area (Å²) in [7, 11) is 1.77. The molecule has 2 rings (SSSR count). The molecule has 6 heteroatoms. The number of nitrogens with zero attached hydrogens (tertiary/aromatic N) is 2. The van der Waals surface area contributed by atoms with Gasteiger partial charge in [-0.2, -0.15) is 4.98 Å². The minimum Gasteiger partial charge on any atom is -0.381 e. The topological polar surface area (TPSA) is 59.1 Å². The summed E-state index contributed by atoms with van der Waals surface area (Å²) in [5.41, 5.74) is 0.109. The zero-order valence-electron chi connectivity index (χ0n) is 11.8. The maximum absolute atomic E-state index is 5.47. The first kappa shape index (κ1) is 14.5. The molecule has 0 aliphatic heterocycles. The average molecular weight is 329 g/mol. The van der Waals surface area contributed by atoms with Crippen molar-refractivity contribution in [3.63, 3.8) is 0 Å². The molecule has 106 valence electrons. The highest BCUT2D eigenvalue weighted by Gasteiger charge is 2.48. The summed E-state index contributed by atoms with van der Waals surface area (Å²) in [6.45, 7) is 7.25. The monoisotopic (exact) mass is 328 g/mol. The molecule has 1 aromatic rings. The van der Waals surface area contributed by atoms with Crippen LogP contribution in [0, 0.1) is 5.41 Å². The maximum Gasteiger partial charge on any atom is 0.224 e. The fourth-order valence-electron chi connectivity index (χ4n) is 2.41. The normalized spacial score (nSPS) is 24.7. The zero-order valence-corrected chi connectivity index (χ0v) is 13.4. The molecule has 1 aliphatic carbocycles. The summed E-state index contributed by atoms with van der Waals surface area (Å²) < 4.78 is 6.35. The molecule has 2 N–H and O–H groups in total. The summed E-state index contributed by atoms with van der Waals surface area (Å²) >= 11 is 3.49. The van der Waals surface area contributed by atoms with E-state index in [1.165, 1.54) is 0 Å². The smallest absolute Gasteiger partial charge is 0.224 e. The SMILES string of the molecule is CCNc1ncc(Br)c(NC2CC(OC)C2(C)C)n1. The molecule has 1 heterocycles. The molecule has 1 fully saturated rings. The van der Waals surface area contributed by atoms with Crippen molar-refractivity contribution in [3.05, 3.63) is 10.7 Å². The van der Waals surface area contributed by atoms with E-state index in [0.29, 0.717) is 18.1 Å². The Morgan fingerprint density at radius 1 is 1.53 bits per heavy atom. The zero-order chi connectivity index (χ0) is 14.0. The largest absolute Gasteiger partial charge is 0.381 e. The number of hydrogen-bond donors (Lipinski definition) is 2. The van der Waals surface area contributed by atoms with Crippen LogP contribution < -0.4 is 10.6 Å². The van der Waals surface area contributed by atoms with Gasteiger partial charge in [0.1, 0.15) is 5.82 Å². The summed E-state index contributed by atoms with van der Waals surface area (Å²) in [4.78, 5) is 8.69. The second kappa shape index (κ2) is 5.63. The molecule has 1 aromatic heterocycles.